The number of halogens is 5. The molecular formula is C18H10F5NO2. The number of nitrogens with zero attached hydrogens (tertiary/aromatic N) is 1. The van der Waals surface area contributed by atoms with Gasteiger partial charge in [-0.1, -0.05) is 54.2 Å². The number of hydrogen-bond acceptors (Lipinski definition) is 3. The first-order valence-corrected chi connectivity index (χ1v) is 7.03. The Kier molecular flexibility index (Phi) is 6.00. The smallest absolute Gasteiger partial charge is 0.312 e. The molecule has 0 aliphatic rings. The lowest BCUT2D eigenvalue weighted by Crippen LogP contribution is -2.14. The van der Waals surface area contributed by atoms with E-state index >= 15 is 0 Å². The van der Waals surface area contributed by atoms with Crippen LogP contribution < -0.4 is 0 Å². The lowest BCUT2D eigenvalue weighted by atomic mass is 10.1. The van der Waals surface area contributed by atoms with Gasteiger partial charge in [-0.2, -0.15) is 0 Å². The fraction of sp³-hybridized carbons (Fsp3) is 0. The zero-order valence-corrected chi connectivity index (χ0v) is 13.0. The third kappa shape index (κ3) is 3.85. The number of rotatable bonds is 5. The van der Waals surface area contributed by atoms with Gasteiger partial charge >= 0.3 is 5.97 Å². The van der Waals surface area contributed by atoms with Crippen molar-refractivity contribution in [3.63, 3.8) is 0 Å². The summed E-state index contributed by atoms with van der Waals surface area (Å²) in [5.74, 6) is -13.3. The predicted octanol–water partition coefficient (Wildman–Crippen LogP) is 4.69. The zero-order valence-electron chi connectivity index (χ0n) is 13.0. The maximum atomic E-state index is 13.6. The van der Waals surface area contributed by atoms with Gasteiger partial charge in [0.2, 0.25) is 5.82 Å². The van der Waals surface area contributed by atoms with E-state index in [9.17, 15) is 26.7 Å². The first kappa shape index (κ1) is 19.0. The van der Waals surface area contributed by atoms with E-state index < -0.39 is 40.6 Å². The fourth-order valence-electron chi connectivity index (χ4n) is 1.87. The van der Waals surface area contributed by atoms with E-state index in [1.54, 1.807) is 30.3 Å². The van der Waals surface area contributed by atoms with Crippen LogP contribution in [0.3, 0.4) is 0 Å². The van der Waals surface area contributed by atoms with Gasteiger partial charge in [0.1, 0.15) is 11.3 Å². The van der Waals surface area contributed by atoms with E-state index in [0.717, 1.165) is 0 Å². The van der Waals surface area contributed by atoms with Gasteiger partial charge in [0, 0.05) is 5.56 Å². The standard InChI is InChI=1S/C18H10F5NO2/c1-2-3-9-11(10-7-5-4-6-8-10)24-26-18(25)12-13(19)15(21)17(23)16(22)14(12)20/h2-9H,1H2/b9-3+,24-11-. The second-order valence-corrected chi connectivity index (χ2v) is 4.76. The highest BCUT2D eigenvalue weighted by Crippen LogP contribution is 2.23. The van der Waals surface area contributed by atoms with Crippen LogP contribution in [0.25, 0.3) is 0 Å². The topological polar surface area (TPSA) is 38.7 Å². The van der Waals surface area contributed by atoms with Gasteiger partial charge in [0.15, 0.2) is 23.3 Å². The normalized spacial score (nSPS) is 11.7. The first-order valence-electron chi connectivity index (χ1n) is 7.03. The zero-order chi connectivity index (χ0) is 19.3. The van der Waals surface area contributed by atoms with Gasteiger partial charge < -0.3 is 4.84 Å². The van der Waals surface area contributed by atoms with Crippen molar-refractivity contribution in [1.29, 1.82) is 0 Å². The van der Waals surface area contributed by atoms with Crippen LogP contribution in [-0.2, 0) is 4.84 Å². The van der Waals surface area contributed by atoms with E-state index in [4.69, 9.17) is 0 Å². The molecule has 0 spiro atoms. The molecule has 0 aliphatic heterocycles. The Balaban J connectivity index is 2.41. The molecule has 2 aromatic carbocycles. The van der Waals surface area contributed by atoms with Gasteiger partial charge in [-0.25, -0.2) is 26.7 Å². The van der Waals surface area contributed by atoms with Crippen LogP contribution in [0.1, 0.15) is 15.9 Å². The van der Waals surface area contributed by atoms with Gasteiger partial charge in [0.25, 0.3) is 0 Å². The molecule has 3 nitrogen and oxygen atoms in total. The van der Waals surface area contributed by atoms with Crippen molar-refractivity contribution in [2.75, 3.05) is 0 Å². The number of carbonyl (C=O) groups is 1. The number of carbonyl (C=O) groups excluding carboxylic acids is 1. The summed E-state index contributed by atoms with van der Waals surface area (Å²) in [6.07, 6.45) is 4.20. The molecule has 134 valence electrons. The van der Waals surface area contributed by atoms with E-state index in [0.29, 0.717) is 5.56 Å². The molecule has 0 atom stereocenters. The minimum atomic E-state index is -2.38. The molecule has 0 fully saturated rings. The Labute approximate surface area is 144 Å². The van der Waals surface area contributed by atoms with Gasteiger partial charge in [-0.3, -0.25) is 0 Å². The molecule has 0 aliphatic carbocycles. The molecule has 26 heavy (non-hydrogen) atoms. The van der Waals surface area contributed by atoms with Crippen LogP contribution in [0.2, 0.25) is 0 Å². The number of allylic oxidation sites excluding steroid dienone is 3. The molecule has 0 unspecified atom stereocenters. The monoisotopic (exact) mass is 367 g/mol. The van der Waals surface area contributed by atoms with E-state index in [1.807, 2.05) is 0 Å². The molecule has 0 aromatic heterocycles. The highest BCUT2D eigenvalue weighted by atomic mass is 19.2. The number of oxime groups is 1. The van der Waals surface area contributed by atoms with Crippen LogP contribution in [0.4, 0.5) is 22.0 Å². The van der Waals surface area contributed by atoms with E-state index in [-0.39, 0.29) is 5.71 Å². The second kappa shape index (κ2) is 8.19. The third-order valence-corrected chi connectivity index (χ3v) is 3.10. The SMILES string of the molecule is C=C/C=C/C(=N/OC(=O)c1c(F)c(F)c(F)c(F)c1F)c1ccccc1. The Morgan fingerprint density at radius 2 is 1.46 bits per heavy atom. The summed E-state index contributed by atoms with van der Waals surface area (Å²) >= 11 is 0. The molecule has 0 N–H and O–H groups in total. The number of hydrogen-bond donors (Lipinski definition) is 0. The van der Waals surface area contributed by atoms with Crippen LogP contribution in [0.5, 0.6) is 0 Å². The summed E-state index contributed by atoms with van der Waals surface area (Å²) in [6, 6.07) is 8.20. The molecule has 0 saturated heterocycles. The van der Waals surface area contributed by atoms with Crippen molar-refractivity contribution in [2.24, 2.45) is 5.16 Å². The fourth-order valence-corrected chi connectivity index (χ4v) is 1.87. The van der Waals surface area contributed by atoms with Gasteiger partial charge in [-0.05, 0) is 6.08 Å². The van der Waals surface area contributed by atoms with Crippen LogP contribution in [0.15, 0.2) is 60.3 Å². The lowest BCUT2D eigenvalue weighted by molar-refractivity contribution is 0.0502. The van der Waals surface area contributed by atoms with Crippen LogP contribution in [-0.4, -0.2) is 11.7 Å². The molecule has 0 amide bonds. The summed E-state index contributed by atoms with van der Waals surface area (Å²) in [7, 11) is 0. The second-order valence-electron chi connectivity index (χ2n) is 4.76. The van der Waals surface area contributed by atoms with Crippen molar-refractivity contribution in [1.82, 2.24) is 0 Å². The van der Waals surface area contributed by atoms with E-state index in [2.05, 4.69) is 16.6 Å². The summed E-state index contributed by atoms with van der Waals surface area (Å²) in [4.78, 5) is 16.2. The highest BCUT2D eigenvalue weighted by molar-refractivity contribution is 6.08. The van der Waals surface area contributed by atoms with Gasteiger partial charge in [-0.15, -0.1) is 0 Å². The maximum Gasteiger partial charge on any atom is 0.371 e. The third-order valence-electron chi connectivity index (χ3n) is 3.10. The predicted molar refractivity (Wildman–Crippen MR) is 84.0 cm³/mol. The summed E-state index contributed by atoms with van der Waals surface area (Å²) < 4.78 is 66.6. The Hall–Kier alpha value is -3.29. The van der Waals surface area contributed by atoms with Crippen molar-refractivity contribution in [3.8, 4) is 0 Å². The minimum Gasteiger partial charge on any atom is -0.312 e. The average molecular weight is 367 g/mol. The van der Waals surface area contributed by atoms with Crippen LogP contribution in [0, 0.1) is 29.1 Å². The molecule has 8 heteroatoms. The summed E-state index contributed by atoms with van der Waals surface area (Å²) in [6.45, 7) is 3.45. The van der Waals surface area contributed by atoms with E-state index in [1.165, 1.54) is 18.2 Å². The first-order chi connectivity index (χ1) is 12.4. The van der Waals surface area contributed by atoms with Crippen molar-refractivity contribution in [2.45, 2.75) is 0 Å². The number of benzene rings is 2. The summed E-state index contributed by atoms with van der Waals surface area (Å²) in [5, 5.41) is 3.43. The Bertz CT molecular complexity index is 879. The minimum absolute atomic E-state index is 0.0581. The van der Waals surface area contributed by atoms with Crippen molar-refractivity contribution >= 4 is 11.7 Å². The average Bonchev–Trinajstić information content (AvgIpc) is 2.65. The lowest BCUT2D eigenvalue weighted by Gasteiger charge is -2.06. The maximum absolute atomic E-state index is 13.6. The highest BCUT2D eigenvalue weighted by Gasteiger charge is 2.31. The molecule has 0 heterocycles. The van der Waals surface area contributed by atoms with Crippen molar-refractivity contribution < 1.29 is 31.6 Å². The molecule has 2 aromatic rings. The van der Waals surface area contributed by atoms with Crippen LogP contribution >= 0.6 is 0 Å². The molecule has 2 rings (SSSR count). The molecule has 0 saturated carbocycles. The molecule has 0 radical (unpaired) electrons. The Morgan fingerprint density at radius 1 is 0.923 bits per heavy atom. The van der Waals surface area contributed by atoms with Crippen molar-refractivity contribution in [3.05, 3.63) is 95.4 Å². The largest absolute Gasteiger partial charge is 0.371 e. The Morgan fingerprint density at radius 3 is 2.00 bits per heavy atom. The molecular weight excluding hydrogens is 357 g/mol. The summed E-state index contributed by atoms with van der Waals surface area (Å²) in [5.41, 5.74) is -1.20. The van der Waals surface area contributed by atoms with Gasteiger partial charge in [0.05, 0.1) is 0 Å². The quantitative estimate of drug-likeness (QED) is 0.146. The molecule has 0 bridgehead atoms.